The lowest BCUT2D eigenvalue weighted by atomic mass is 9.72. The van der Waals surface area contributed by atoms with Crippen LogP contribution in [0, 0.1) is 6.92 Å². The molecule has 2 aromatic rings. The molecule has 0 atom stereocenters. The van der Waals surface area contributed by atoms with Crippen LogP contribution in [0.15, 0.2) is 58.6 Å². The number of aryl methyl sites for hydroxylation is 1. The highest BCUT2D eigenvalue weighted by molar-refractivity contribution is 7.86. The van der Waals surface area contributed by atoms with Crippen molar-refractivity contribution in [3.63, 3.8) is 0 Å². The zero-order valence-electron chi connectivity index (χ0n) is 14.1. The summed E-state index contributed by atoms with van der Waals surface area (Å²) < 4.78 is 29.6. The Bertz CT molecular complexity index is 881. The van der Waals surface area contributed by atoms with Crippen molar-refractivity contribution in [1.29, 1.82) is 0 Å². The molecule has 0 aliphatic heterocycles. The Labute approximate surface area is 143 Å². The van der Waals surface area contributed by atoms with Crippen molar-refractivity contribution in [2.24, 2.45) is 5.16 Å². The second-order valence-electron chi connectivity index (χ2n) is 6.81. The summed E-state index contributed by atoms with van der Waals surface area (Å²) in [6, 6.07) is 14.5. The largest absolute Gasteiger partial charge is 0.358 e. The van der Waals surface area contributed by atoms with Gasteiger partial charge >= 0.3 is 10.1 Å². The van der Waals surface area contributed by atoms with Crippen molar-refractivity contribution in [1.82, 2.24) is 0 Å². The van der Waals surface area contributed by atoms with Gasteiger partial charge in [-0.2, -0.15) is 8.42 Å². The second kappa shape index (κ2) is 6.06. The Morgan fingerprint density at radius 1 is 1.04 bits per heavy atom. The summed E-state index contributed by atoms with van der Waals surface area (Å²) in [5.41, 5.74) is 3.86. The summed E-state index contributed by atoms with van der Waals surface area (Å²) in [6.07, 6.45) is 1.59. The van der Waals surface area contributed by atoms with E-state index in [2.05, 4.69) is 25.1 Å². The van der Waals surface area contributed by atoms with Gasteiger partial charge in [0.2, 0.25) is 0 Å². The Morgan fingerprint density at radius 3 is 2.42 bits per heavy atom. The molecule has 0 fully saturated rings. The van der Waals surface area contributed by atoms with Crippen LogP contribution in [-0.2, 0) is 19.8 Å². The topological polar surface area (TPSA) is 55.7 Å². The first-order chi connectivity index (χ1) is 11.3. The van der Waals surface area contributed by atoms with Gasteiger partial charge < -0.3 is 0 Å². The normalized spacial score (nSPS) is 18.2. The molecule has 0 spiro atoms. The quantitative estimate of drug-likeness (QED) is 0.786. The Morgan fingerprint density at radius 2 is 1.71 bits per heavy atom. The maximum Gasteiger partial charge on any atom is 0.358 e. The third-order valence-corrected chi connectivity index (χ3v) is 5.63. The van der Waals surface area contributed by atoms with E-state index in [1.165, 1.54) is 17.7 Å². The fourth-order valence-corrected chi connectivity index (χ4v) is 3.71. The van der Waals surface area contributed by atoms with E-state index in [1.54, 1.807) is 12.1 Å². The molecule has 24 heavy (non-hydrogen) atoms. The highest BCUT2D eigenvalue weighted by Gasteiger charge is 2.31. The van der Waals surface area contributed by atoms with Gasteiger partial charge in [0.1, 0.15) is 4.90 Å². The Hall–Kier alpha value is -2.14. The minimum atomic E-state index is -3.90. The molecular weight excluding hydrogens is 322 g/mol. The molecule has 126 valence electrons. The number of oxime groups is 1. The van der Waals surface area contributed by atoms with Gasteiger partial charge in [0, 0.05) is 5.56 Å². The Kier molecular flexibility index (Phi) is 4.22. The molecule has 4 nitrogen and oxygen atoms in total. The van der Waals surface area contributed by atoms with Crippen LogP contribution in [0.1, 0.15) is 43.4 Å². The molecule has 0 aromatic heterocycles. The van der Waals surface area contributed by atoms with Gasteiger partial charge in [0.15, 0.2) is 0 Å². The van der Waals surface area contributed by atoms with E-state index in [1.807, 2.05) is 25.1 Å². The molecule has 0 N–H and O–H groups in total. The zero-order chi connectivity index (χ0) is 17.4. The lowest BCUT2D eigenvalue weighted by molar-refractivity contribution is 0.335. The van der Waals surface area contributed by atoms with Crippen LogP contribution in [0.4, 0.5) is 0 Å². The van der Waals surface area contributed by atoms with Gasteiger partial charge in [-0.1, -0.05) is 61.0 Å². The monoisotopic (exact) mass is 343 g/mol. The van der Waals surface area contributed by atoms with E-state index >= 15 is 0 Å². The molecule has 0 unspecified atom stereocenters. The molecule has 0 saturated carbocycles. The number of hydrogen-bond donors (Lipinski definition) is 0. The van der Waals surface area contributed by atoms with Crippen LogP contribution in [0.2, 0.25) is 0 Å². The number of hydrogen-bond acceptors (Lipinski definition) is 4. The predicted molar refractivity (Wildman–Crippen MR) is 94.7 cm³/mol. The van der Waals surface area contributed by atoms with Gasteiger partial charge in [-0.15, -0.1) is 0 Å². The summed E-state index contributed by atoms with van der Waals surface area (Å²) in [6.45, 7) is 6.28. The van der Waals surface area contributed by atoms with Gasteiger partial charge in [-0.3, -0.25) is 4.28 Å². The highest BCUT2D eigenvalue weighted by Crippen LogP contribution is 2.36. The minimum absolute atomic E-state index is 0.0471. The maximum absolute atomic E-state index is 12.3. The van der Waals surface area contributed by atoms with Gasteiger partial charge in [0.05, 0.1) is 5.71 Å². The highest BCUT2D eigenvalue weighted by atomic mass is 32.2. The van der Waals surface area contributed by atoms with Crippen LogP contribution in [0.3, 0.4) is 0 Å². The van der Waals surface area contributed by atoms with Crippen molar-refractivity contribution in [2.75, 3.05) is 0 Å². The van der Waals surface area contributed by atoms with E-state index in [0.717, 1.165) is 17.5 Å². The summed E-state index contributed by atoms with van der Waals surface area (Å²) in [4.78, 5) is 0.113. The Balaban J connectivity index is 1.91. The third kappa shape index (κ3) is 3.22. The van der Waals surface area contributed by atoms with Crippen molar-refractivity contribution < 1.29 is 12.7 Å². The molecule has 0 saturated heterocycles. The summed E-state index contributed by atoms with van der Waals surface area (Å²) >= 11 is 0. The van der Waals surface area contributed by atoms with E-state index < -0.39 is 10.1 Å². The lowest BCUT2D eigenvalue weighted by Crippen LogP contribution is -2.27. The zero-order valence-corrected chi connectivity index (χ0v) is 14.9. The van der Waals surface area contributed by atoms with Crippen LogP contribution < -0.4 is 0 Å². The van der Waals surface area contributed by atoms with Gasteiger partial charge in [-0.05, 0) is 42.9 Å². The summed E-state index contributed by atoms with van der Waals surface area (Å²) in [5, 5.41) is 3.99. The fraction of sp³-hybridized carbons (Fsp3) is 0.316. The van der Waals surface area contributed by atoms with Crippen LogP contribution in [0.5, 0.6) is 0 Å². The first kappa shape index (κ1) is 16.7. The molecule has 0 radical (unpaired) electrons. The molecule has 3 rings (SSSR count). The first-order valence-corrected chi connectivity index (χ1v) is 9.37. The molecule has 0 bridgehead atoms. The number of rotatable bonds is 3. The molecule has 1 aliphatic rings. The van der Waals surface area contributed by atoms with E-state index in [-0.39, 0.29) is 10.3 Å². The van der Waals surface area contributed by atoms with Gasteiger partial charge in [0.25, 0.3) is 0 Å². The van der Waals surface area contributed by atoms with Crippen molar-refractivity contribution >= 4 is 15.8 Å². The predicted octanol–water partition coefficient (Wildman–Crippen LogP) is 4.18. The number of nitrogens with zero attached hydrogens (tertiary/aromatic N) is 1. The van der Waals surface area contributed by atoms with E-state index in [0.29, 0.717) is 12.1 Å². The van der Waals surface area contributed by atoms with Crippen molar-refractivity contribution in [3.05, 3.63) is 65.2 Å². The minimum Gasteiger partial charge on any atom is -0.264 e. The maximum atomic E-state index is 12.3. The molecule has 1 aliphatic carbocycles. The third-order valence-electron chi connectivity index (χ3n) is 4.51. The molecule has 2 aromatic carbocycles. The van der Waals surface area contributed by atoms with Crippen molar-refractivity contribution in [2.45, 2.75) is 43.9 Å². The standard InChI is InChI=1S/C19H21NO3S/c1-14-8-10-15(11-9-14)24(21,22)23-20-18-12-13-19(2,3)17-7-5-4-6-16(17)18/h4-11H,12-13H2,1-3H3/b20-18-. The molecule has 0 amide bonds. The lowest BCUT2D eigenvalue weighted by Gasteiger charge is -2.32. The first-order valence-electron chi connectivity index (χ1n) is 7.97. The molecular formula is C19H21NO3S. The number of benzene rings is 2. The second-order valence-corrected chi connectivity index (χ2v) is 8.34. The number of fused-ring (bicyclic) bond motifs is 1. The van der Waals surface area contributed by atoms with Crippen LogP contribution >= 0.6 is 0 Å². The smallest absolute Gasteiger partial charge is 0.264 e. The van der Waals surface area contributed by atoms with E-state index in [9.17, 15) is 8.42 Å². The van der Waals surface area contributed by atoms with Crippen LogP contribution in [-0.4, -0.2) is 14.1 Å². The average Bonchev–Trinajstić information content (AvgIpc) is 2.55. The summed E-state index contributed by atoms with van der Waals surface area (Å²) in [7, 11) is -3.90. The SMILES string of the molecule is Cc1ccc(S(=O)(=O)O/N=C2/CCC(C)(C)c3ccccc32)cc1. The molecule has 0 heterocycles. The van der Waals surface area contributed by atoms with Crippen molar-refractivity contribution in [3.8, 4) is 0 Å². The molecule has 5 heteroatoms. The van der Waals surface area contributed by atoms with Crippen LogP contribution in [0.25, 0.3) is 0 Å². The van der Waals surface area contributed by atoms with Gasteiger partial charge in [-0.25, -0.2) is 0 Å². The fourth-order valence-electron chi connectivity index (χ4n) is 2.96. The van der Waals surface area contributed by atoms with E-state index in [4.69, 9.17) is 4.28 Å². The summed E-state index contributed by atoms with van der Waals surface area (Å²) in [5.74, 6) is 0. The average molecular weight is 343 g/mol.